The molecule has 0 N–H and O–H groups in total. The number of fused-ring (bicyclic) bond motifs is 1. The van der Waals surface area contributed by atoms with Gasteiger partial charge in [0.15, 0.2) is 15.1 Å². The quantitative estimate of drug-likeness (QED) is 0.784. The highest BCUT2D eigenvalue weighted by molar-refractivity contribution is 7.92. The van der Waals surface area contributed by atoms with Crippen LogP contribution in [0.2, 0.25) is 0 Å². The number of nitrogens with zero attached hydrogens (tertiary/aromatic N) is 2. The fraction of sp³-hybridized carbons (Fsp3) is 0.294. The number of Topliss-reactive ketones (excluding diaryl/α,β-unsaturated/α-hetero) is 1. The van der Waals surface area contributed by atoms with Gasteiger partial charge in [0.25, 0.3) is 0 Å². The number of aromatic nitrogens is 1. The Kier molecular flexibility index (Phi) is 4.40. The number of carbonyl (C=O) groups excluding carboxylic acids is 1. The van der Waals surface area contributed by atoms with Gasteiger partial charge in [-0.25, -0.2) is 16.8 Å². The molecule has 9 heteroatoms. The lowest BCUT2D eigenvalue weighted by atomic mass is 9.98. The Morgan fingerprint density at radius 2 is 1.88 bits per heavy atom. The van der Waals surface area contributed by atoms with Crippen molar-refractivity contribution in [1.82, 2.24) is 4.98 Å². The molecule has 0 bridgehead atoms. The summed E-state index contributed by atoms with van der Waals surface area (Å²) >= 11 is 0. The Labute approximate surface area is 152 Å². The molecule has 1 aliphatic heterocycles. The molecule has 26 heavy (non-hydrogen) atoms. The Morgan fingerprint density at radius 1 is 1.19 bits per heavy atom. The van der Waals surface area contributed by atoms with Gasteiger partial charge >= 0.3 is 0 Å². The Morgan fingerprint density at radius 3 is 2.54 bits per heavy atom. The molecule has 0 amide bonds. The monoisotopic (exact) mass is 394 g/mol. The van der Waals surface area contributed by atoms with Crippen LogP contribution in [0.15, 0.2) is 36.5 Å². The first kappa shape index (κ1) is 18.5. The molecule has 0 fully saturated rings. The standard InChI is InChI=1S/C17H18N2O5S2/c1-11-13(7-4-8-14(11)19(2)25(3,21)22)17-16(20)15-12(6-5-9-18-15)10-26(17,23)24/h4-9,17H,10H2,1-3H3. The highest BCUT2D eigenvalue weighted by atomic mass is 32.2. The van der Waals surface area contributed by atoms with Gasteiger partial charge in [-0.1, -0.05) is 18.2 Å². The van der Waals surface area contributed by atoms with Crippen molar-refractivity contribution in [2.45, 2.75) is 17.9 Å². The van der Waals surface area contributed by atoms with Crippen LogP contribution in [0.5, 0.6) is 0 Å². The van der Waals surface area contributed by atoms with Crippen LogP contribution < -0.4 is 4.31 Å². The summed E-state index contributed by atoms with van der Waals surface area (Å²) in [4.78, 5) is 16.9. The second-order valence-electron chi connectivity index (χ2n) is 6.28. The van der Waals surface area contributed by atoms with E-state index in [0.717, 1.165) is 10.6 Å². The number of sulfone groups is 1. The number of hydrogen-bond acceptors (Lipinski definition) is 6. The average Bonchev–Trinajstić information content (AvgIpc) is 2.54. The van der Waals surface area contributed by atoms with E-state index >= 15 is 0 Å². The number of pyridine rings is 1. The van der Waals surface area contributed by atoms with Gasteiger partial charge in [0.2, 0.25) is 15.8 Å². The first-order valence-corrected chi connectivity index (χ1v) is 11.3. The smallest absolute Gasteiger partial charge is 0.232 e. The third-order valence-corrected chi connectivity index (χ3v) is 7.64. The number of rotatable bonds is 3. The normalized spacial score (nSPS) is 19.0. The summed E-state index contributed by atoms with van der Waals surface area (Å²) in [5.74, 6) is -0.868. The molecule has 1 atom stereocenters. The van der Waals surface area contributed by atoms with Crippen LogP contribution in [0.1, 0.15) is 32.4 Å². The maximum Gasteiger partial charge on any atom is 0.232 e. The second-order valence-corrected chi connectivity index (χ2v) is 10.4. The van der Waals surface area contributed by atoms with Crippen molar-refractivity contribution in [2.24, 2.45) is 0 Å². The van der Waals surface area contributed by atoms with Gasteiger partial charge in [-0.3, -0.25) is 14.1 Å². The SMILES string of the molecule is Cc1c(C2C(=O)c3ncccc3CS2(=O)=O)cccc1N(C)S(C)(=O)=O. The van der Waals surface area contributed by atoms with Gasteiger partial charge in [-0.05, 0) is 35.7 Å². The van der Waals surface area contributed by atoms with E-state index in [-0.39, 0.29) is 17.0 Å². The van der Waals surface area contributed by atoms with E-state index in [1.165, 1.54) is 13.2 Å². The predicted octanol–water partition coefficient (Wildman–Crippen LogP) is 1.64. The molecule has 1 aromatic heterocycles. The molecule has 1 aromatic carbocycles. The largest absolute Gasteiger partial charge is 0.291 e. The van der Waals surface area contributed by atoms with Gasteiger partial charge < -0.3 is 0 Å². The van der Waals surface area contributed by atoms with Crippen molar-refractivity contribution < 1.29 is 21.6 Å². The Hall–Kier alpha value is -2.26. The minimum Gasteiger partial charge on any atom is -0.291 e. The van der Waals surface area contributed by atoms with E-state index in [9.17, 15) is 21.6 Å². The fourth-order valence-electron chi connectivity index (χ4n) is 3.14. The molecule has 0 aliphatic carbocycles. The summed E-state index contributed by atoms with van der Waals surface area (Å²) in [6.07, 6.45) is 2.51. The maximum absolute atomic E-state index is 12.9. The van der Waals surface area contributed by atoms with Gasteiger partial charge in [0.05, 0.1) is 17.7 Å². The summed E-state index contributed by atoms with van der Waals surface area (Å²) in [6.45, 7) is 1.61. The number of ketones is 1. The van der Waals surface area contributed by atoms with Crippen LogP contribution in [0.4, 0.5) is 5.69 Å². The van der Waals surface area contributed by atoms with Crippen molar-refractivity contribution in [3.05, 3.63) is 58.9 Å². The molecule has 2 aromatic rings. The number of anilines is 1. The van der Waals surface area contributed by atoms with Gasteiger partial charge in [-0.15, -0.1) is 0 Å². The molecule has 0 saturated heterocycles. The molecular formula is C17H18N2O5S2. The van der Waals surface area contributed by atoms with Crippen LogP contribution in [-0.4, -0.2) is 40.9 Å². The van der Waals surface area contributed by atoms with Crippen molar-refractivity contribution in [1.29, 1.82) is 0 Å². The molecule has 138 valence electrons. The first-order valence-electron chi connectivity index (χ1n) is 7.77. The molecule has 0 spiro atoms. The Bertz CT molecular complexity index is 1110. The van der Waals surface area contributed by atoms with Gasteiger partial charge in [0, 0.05) is 13.2 Å². The zero-order valence-electron chi connectivity index (χ0n) is 14.5. The third kappa shape index (κ3) is 3.01. The molecule has 1 unspecified atom stereocenters. The minimum absolute atomic E-state index is 0.147. The fourth-order valence-corrected chi connectivity index (χ4v) is 5.61. The van der Waals surface area contributed by atoms with Crippen LogP contribution in [0, 0.1) is 6.92 Å². The Balaban J connectivity index is 2.20. The first-order chi connectivity index (χ1) is 12.0. The van der Waals surface area contributed by atoms with Crippen molar-refractivity contribution in [2.75, 3.05) is 17.6 Å². The van der Waals surface area contributed by atoms with E-state index in [2.05, 4.69) is 4.98 Å². The lowest BCUT2D eigenvalue weighted by Gasteiger charge is -2.26. The highest BCUT2D eigenvalue weighted by Gasteiger charge is 2.42. The van der Waals surface area contributed by atoms with Crippen LogP contribution in [-0.2, 0) is 25.6 Å². The topological polar surface area (TPSA) is 101 Å². The van der Waals surface area contributed by atoms with Gasteiger partial charge in [0.1, 0.15) is 5.69 Å². The number of benzene rings is 1. The summed E-state index contributed by atoms with van der Waals surface area (Å²) in [6, 6.07) is 7.84. The zero-order valence-corrected chi connectivity index (χ0v) is 16.1. The van der Waals surface area contributed by atoms with Crippen molar-refractivity contribution >= 4 is 31.3 Å². The second kappa shape index (κ2) is 6.17. The lowest BCUT2D eigenvalue weighted by Crippen LogP contribution is -2.32. The molecule has 7 nitrogen and oxygen atoms in total. The number of carbonyl (C=O) groups is 1. The summed E-state index contributed by atoms with van der Waals surface area (Å²) in [7, 11) is -5.94. The van der Waals surface area contributed by atoms with E-state index in [1.54, 1.807) is 37.3 Å². The third-order valence-electron chi connectivity index (χ3n) is 4.54. The molecule has 2 heterocycles. The molecular weight excluding hydrogens is 376 g/mol. The number of sulfonamides is 1. The van der Waals surface area contributed by atoms with E-state index in [1.807, 2.05) is 0 Å². The van der Waals surface area contributed by atoms with Crippen LogP contribution >= 0.6 is 0 Å². The summed E-state index contributed by atoms with van der Waals surface area (Å²) in [5.41, 5.74) is 1.57. The number of hydrogen-bond donors (Lipinski definition) is 0. The lowest BCUT2D eigenvalue weighted by molar-refractivity contribution is 0.0978. The molecule has 0 saturated carbocycles. The molecule has 3 rings (SSSR count). The molecule has 0 radical (unpaired) electrons. The van der Waals surface area contributed by atoms with Crippen LogP contribution in [0.3, 0.4) is 0 Å². The maximum atomic E-state index is 12.9. The van der Waals surface area contributed by atoms with E-state index in [0.29, 0.717) is 16.8 Å². The minimum atomic E-state index is -3.80. The predicted molar refractivity (Wildman–Crippen MR) is 98.4 cm³/mol. The zero-order chi connectivity index (χ0) is 19.3. The highest BCUT2D eigenvalue weighted by Crippen LogP contribution is 2.38. The van der Waals surface area contributed by atoms with Crippen molar-refractivity contribution in [3.8, 4) is 0 Å². The van der Waals surface area contributed by atoms with Gasteiger partial charge in [-0.2, -0.15) is 0 Å². The van der Waals surface area contributed by atoms with Crippen molar-refractivity contribution in [3.63, 3.8) is 0 Å². The molecule has 1 aliphatic rings. The summed E-state index contributed by atoms with van der Waals surface area (Å²) < 4.78 is 50.4. The summed E-state index contributed by atoms with van der Waals surface area (Å²) in [5, 5.41) is -1.39. The average molecular weight is 394 g/mol. The van der Waals surface area contributed by atoms with E-state index < -0.39 is 30.9 Å². The van der Waals surface area contributed by atoms with E-state index in [4.69, 9.17) is 0 Å². The van der Waals surface area contributed by atoms with Crippen LogP contribution in [0.25, 0.3) is 0 Å².